The molecular weight excluding hydrogens is 334 g/mol. The van der Waals surface area contributed by atoms with E-state index in [1.165, 1.54) is 0 Å². The summed E-state index contributed by atoms with van der Waals surface area (Å²) in [4.78, 5) is 10.6. The van der Waals surface area contributed by atoms with Crippen LogP contribution in [0.2, 0.25) is 0 Å². The second-order valence-corrected chi connectivity index (χ2v) is 5.48. The molecule has 0 bridgehead atoms. The molecule has 21 heavy (non-hydrogen) atoms. The van der Waals surface area contributed by atoms with Gasteiger partial charge in [0.25, 0.3) is 0 Å². The maximum atomic E-state index is 8.76. The quantitative estimate of drug-likeness (QED) is 0.382. The third-order valence-corrected chi connectivity index (χ3v) is 3.69. The van der Waals surface area contributed by atoms with E-state index in [9.17, 15) is 0 Å². The number of anilines is 1. The summed E-state index contributed by atoms with van der Waals surface area (Å²) >= 11 is 3.52. The van der Waals surface area contributed by atoms with E-state index in [4.69, 9.17) is 10.9 Å². The molecule has 3 N–H and O–H groups in total. The van der Waals surface area contributed by atoms with Gasteiger partial charge in [0.2, 0.25) is 5.95 Å². The Bertz CT molecular complexity index is 674. The van der Waals surface area contributed by atoms with Crippen LogP contribution in [-0.2, 0) is 6.54 Å². The standard InChI is InChI=1S/C14H16BrN5O/c1-9-7-12(13(16)19-21)18-14(17-9)20(2)8-10-5-3-4-6-11(10)15/h3-7,21H,8H2,1-2H3,(H2,16,19). The first-order valence-electron chi connectivity index (χ1n) is 6.29. The van der Waals surface area contributed by atoms with Crippen LogP contribution in [0.3, 0.4) is 0 Å². The van der Waals surface area contributed by atoms with Crippen molar-refractivity contribution < 1.29 is 5.21 Å². The first-order chi connectivity index (χ1) is 10.0. The third-order valence-electron chi connectivity index (χ3n) is 2.92. The second-order valence-electron chi connectivity index (χ2n) is 4.63. The van der Waals surface area contributed by atoms with Gasteiger partial charge in [-0.3, -0.25) is 0 Å². The maximum Gasteiger partial charge on any atom is 0.226 e. The summed E-state index contributed by atoms with van der Waals surface area (Å²) in [6.07, 6.45) is 0. The van der Waals surface area contributed by atoms with E-state index in [-0.39, 0.29) is 5.84 Å². The molecule has 7 heteroatoms. The van der Waals surface area contributed by atoms with Crippen molar-refractivity contribution in [2.45, 2.75) is 13.5 Å². The van der Waals surface area contributed by atoms with Crippen molar-refractivity contribution in [3.8, 4) is 0 Å². The third kappa shape index (κ3) is 3.69. The summed E-state index contributed by atoms with van der Waals surface area (Å²) in [6.45, 7) is 2.48. The van der Waals surface area contributed by atoms with Crippen LogP contribution >= 0.6 is 15.9 Å². The molecule has 0 spiro atoms. The number of benzene rings is 1. The molecule has 1 heterocycles. The minimum atomic E-state index is -0.0314. The van der Waals surface area contributed by atoms with E-state index in [0.29, 0.717) is 18.2 Å². The average Bonchev–Trinajstić information content (AvgIpc) is 2.48. The number of hydrogen-bond acceptors (Lipinski definition) is 5. The Morgan fingerprint density at radius 3 is 2.76 bits per heavy atom. The van der Waals surface area contributed by atoms with Gasteiger partial charge < -0.3 is 15.8 Å². The SMILES string of the molecule is Cc1cc(/C(N)=N/O)nc(N(C)Cc2ccccc2Br)n1. The summed E-state index contributed by atoms with van der Waals surface area (Å²) < 4.78 is 1.03. The fourth-order valence-electron chi connectivity index (χ4n) is 1.86. The number of rotatable bonds is 4. The van der Waals surface area contributed by atoms with Crippen LogP contribution in [0.5, 0.6) is 0 Å². The number of nitrogens with two attached hydrogens (primary N) is 1. The van der Waals surface area contributed by atoms with Crippen molar-refractivity contribution in [2.75, 3.05) is 11.9 Å². The van der Waals surface area contributed by atoms with E-state index in [1.54, 1.807) is 6.07 Å². The lowest BCUT2D eigenvalue weighted by atomic mass is 10.2. The Labute approximate surface area is 131 Å². The maximum absolute atomic E-state index is 8.76. The highest BCUT2D eigenvalue weighted by Gasteiger charge is 2.11. The highest BCUT2D eigenvalue weighted by atomic mass is 79.9. The molecule has 0 radical (unpaired) electrons. The lowest BCUT2D eigenvalue weighted by Crippen LogP contribution is -2.23. The van der Waals surface area contributed by atoms with Gasteiger partial charge in [-0.15, -0.1) is 0 Å². The Hall–Kier alpha value is -2.15. The van der Waals surface area contributed by atoms with Gasteiger partial charge in [-0.05, 0) is 24.6 Å². The zero-order valence-corrected chi connectivity index (χ0v) is 13.4. The van der Waals surface area contributed by atoms with E-state index >= 15 is 0 Å². The molecule has 0 atom stereocenters. The van der Waals surface area contributed by atoms with Gasteiger partial charge in [-0.2, -0.15) is 0 Å². The summed E-state index contributed by atoms with van der Waals surface area (Å²) in [5, 5.41) is 11.7. The molecule has 6 nitrogen and oxygen atoms in total. The van der Waals surface area contributed by atoms with E-state index < -0.39 is 0 Å². The van der Waals surface area contributed by atoms with Crippen LogP contribution in [0.15, 0.2) is 40.0 Å². The molecule has 0 aliphatic rings. The van der Waals surface area contributed by atoms with Gasteiger partial charge in [0.1, 0.15) is 5.69 Å². The minimum Gasteiger partial charge on any atom is -0.409 e. The summed E-state index contributed by atoms with van der Waals surface area (Å²) in [5.41, 5.74) is 7.87. The molecule has 2 rings (SSSR count). The van der Waals surface area contributed by atoms with Gasteiger partial charge in [-0.25, -0.2) is 9.97 Å². The predicted molar refractivity (Wildman–Crippen MR) is 85.5 cm³/mol. The van der Waals surface area contributed by atoms with Gasteiger partial charge >= 0.3 is 0 Å². The smallest absolute Gasteiger partial charge is 0.226 e. The molecule has 0 unspecified atom stereocenters. The normalized spacial score (nSPS) is 11.5. The summed E-state index contributed by atoms with van der Waals surface area (Å²) in [7, 11) is 1.89. The van der Waals surface area contributed by atoms with Crippen molar-refractivity contribution in [1.82, 2.24) is 9.97 Å². The van der Waals surface area contributed by atoms with Gasteiger partial charge in [0.15, 0.2) is 5.84 Å². The number of nitrogens with zero attached hydrogens (tertiary/aromatic N) is 4. The molecule has 0 saturated heterocycles. The largest absolute Gasteiger partial charge is 0.409 e. The second kappa shape index (κ2) is 6.53. The van der Waals surface area contributed by atoms with Crippen molar-refractivity contribution >= 4 is 27.7 Å². The van der Waals surface area contributed by atoms with E-state index in [2.05, 4.69) is 31.1 Å². The highest BCUT2D eigenvalue weighted by molar-refractivity contribution is 9.10. The molecule has 1 aromatic heterocycles. The Balaban J connectivity index is 2.29. The number of amidine groups is 1. The van der Waals surface area contributed by atoms with Crippen LogP contribution in [0.25, 0.3) is 0 Å². The monoisotopic (exact) mass is 349 g/mol. The molecule has 0 saturated carbocycles. The zero-order valence-electron chi connectivity index (χ0n) is 11.8. The lowest BCUT2D eigenvalue weighted by Gasteiger charge is -2.19. The van der Waals surface area contributed by atoms with Crippen LogP contribution in [-0.4, -0.2) is 28.1 Å². The topological polar surface area (TPSA) is 87.6 Å². The highest BCUT2D eigenvalue weighted by Crippen LogP contribution is 2.19. The summed E-state index contributed by atoms with van der Waals surface area (Å²) in [6, 6.07) is 9.63. The van der Waals surface area contributed by atoms with E-state index in [1.807, 2.05) is 43.1 Å². The first kappa shape index (κ1) is 15.2. The first-order valence-corrected chi connectivity index (χ1v) is 7.08. The number of hydrogen-bond donors (Lipinski definition) is 2. The molecule has 0 amide bonds. The minimum absolute atomic E-state index is 0.0314. The van der Waals surface area contributed by atoms with Crippen LogP contribution in [0, 0.1) is 6.92 Å². The molecular formula is C14H16BrN5O. The zero-order chi connectivity index (χ0) is 15.4. The predicted octanol–water partition coefficient (Wildman–Crippen LogP) is 2.28. The van der Waals surface area contributed by atoms with Gasteiger partial charge in [0, 0.05) is 23.8 Å². The number of oxime groups is 1. The van der Waals surface area contributed by atoms with Crippen molar-refractivity contribution in [1.29, 1.82) is 0 Å². The fraction of sp³-hybridized carbons (Fsp3) is 0.214. The Morgan fingerprint density at radius 2 is 2.10 bits per heavy atom. The van der Waals surface area contributed by atoms with Crippen molar-refractivity contribution in [3.63, 3.8) is 0 Å². The Morgan fingerprint density at radius 1 is 1.38 bits per heavy atom. The molecule has 0 aliphatic carbocycles. The number of halogens is 1. The van der Waals surface area contributed by atoms with Crippen molar-refractivity contribution in [3.05, 3.63) is 51.8 Å². The molecule has 0 fully saturated rings. The average molecular weight is 350 g/mol. The molecule has 1 aromatic carbocycles. The molecule has 0 aliphatic heterocycles. The molecule has 2 aromatic rings. The van der Waals surface area contributed by atoms with Gasteiger partial charge in [-0.1, -0.05) is 39.3 Å². The van der Waals surface area contributed by atoms with Gasteiger partial charge in [0.05, 0.1) is 0 Å². The fourth-order valence-corrected chi connectivity index (χ4v) is 2.27. The van der Waals surface area contributed by atoms with E-state index in [0.717, 1.165) is 15.7 Å². The molecule has 110 valence electrons. The Kier molecular flexibility index (Phi) is 4.74. The summed E-state index contributed by atoms with van der Waals surface area (Å²) in [5.74, 6) is 0.489. The lowest BCUT2D eigenvalue weighted by molar-refractivity contribution is 0.318. The number of aryl methyl sites for hydroxylation is 1. The van der Waals surface area contributed by atoms with Crippen molar-refractivity contribution in [2.24, 2.45) is 10.9 Å². The van der Waals surface area contributed by atoms with Crippen LogP contribution < -0.4 is 10.6 Å². The number of aromatic nitrogens is 2. The van der Waals surface area contributed by atoms with Crippen LogP contribution in [0.4, 0.5) is 5.95 Å². The van der Waals surface area contributed by atoms with Crippen LogP contribution in [0.1, 0.15) is 17.0 Å².